The first kappa shape index (κ1) is 14.8. The zero-order valence-corrected chi connectivity index (χ0v) is 13.2. The quantitative estimate of drug-likeness (QED) is 0.819. The number of rotatable bonds is 5. The lowest BCUT2D eigenvalue weighted by Gasteiger charge is -2.12. The average Bonchev–Trinajstić information content (AvgIpc) is 2.89. The second kappa shape index (κ2) is 6.23. The third-order valence-electron chi connectivity index (χ3n) is 3.11. The highest BCUT2D eigenvalue weighted by Gasteiger charge is 2.11. The van der Waals surface area contributed by atoms with E-state index in [0.717, 1.165) is 23.7 Å². The minimum absolute atomic E-state index is 0.0663. The van der Waals surface area contributed by atoms with Crippen molar-refractivity contribution in [1.29, 1.82) is 0 Å². The van der Waals surface area contributed by atoms with Crippen molar-refractivity contribution in [1.82, 2.24) is 24.9 Å². The molecule has 0 fully saturated rings. The van der Waals surface area contributed by atoms with Crippen LogP contribution in [0.4, 0.5) is 4.79 Å². The lowest BCUT2D eigenvalue weighted by Crippen LogP contribution is -2.38. The van der Waals surface area contributed by atoms with Crippen LogP contribution in [0.1, 0.15) is 17.1 Å². The number of aromatic nitrogens is 2. The van der Waals surface area contributed by atoms with E-state index in [4.69, 9.17) is 0 Å². The number of amides is 2. The highest BCUT2D eigenvalue weighted by molar-refractivity contribution is 7.15. The Morgan fingerprint density at radius 2 is 2.15 bits per heavy atom. The summed E-state index contributed by atoms with van der Waals surface area (Å²) in [5.41, 5.74) is 3.46. The Kier molecular flexibility index (Phi) is 4.61. The molecule has 0 unspecified atom stereocenters. The van der Waals surface area contributed by atoms with Crippen LogP contribution in [0.5, 0.6) is 0 Å². The summed E-state index contributed by atoms with van der Waals surface area (Å²) in [6, 6.07) is -0.0663. The van der Waals surface area contributed by atoms with Gasteiger partial charge < -0.3 is 15.5 Å². The molecule has 0 aliphatic carbocycles. The highest BCUT2D eigenvalue weighted by atomic mass is 32.1. The van der Waals surface area contributed by atoms with Gasteiger partial charge in [-0.1, -0.05) is 0 Å². The molecule has 2 aromatic rings. The molecule has 0 saturated carbocycles. The molecule has 2 aromatic heterocycles. The Balaban J connectivity index is 1.86. The number of urea groups is 1. The van der Waals surface area contributed by atoms with E-state index in [-0.39, 0.29) is 6.03 Å². The van der Waals surface area contributed by atoms with Gasteiger partial charge in [-0.25, -0.2) is 9.78 Å². The zero-order valence-electron chi connectivity index (χ0n) is 12.4. The summed E-state index contributed by atoms with van der Waals surface area (Å²) in [4.78, 5) is 18.5. The van der Waals surface area contributed by atoms with Crippen LogP contribution < -0.4 is 10.6 Å². The lowest BCUT2D eigenvalue weighted by atomic mass is 10.3. The van der Waals surface area contributed by atoms with E-state index in [2.05, 4.69) is 32.3 Å². The van der Waals surface area contributed by atoms with Crippen molar-refractivity contribution in [3.8, 4) is 0 Å². The van der Waals surface area contributed by atoms with Crippen LogP contribution in [0.15, 0.2) is 5.38 Å². The molecular weight excluding hydrogens is 274 g/mol. The number of hydrogen-bond donors (Lipinski definition) is 2. The molecule has 6 nitrogen and oxygen atoms in total. The van der Waals surface area contributed by atoms with Gasteiger partial charge in [0.1, 0.15) is 0 Å². The molecular formula is C13H21N5OS. The first-order valence-corrected chi connectivity index (χ1v) is 7.46. The van der Waals surface area contributed by atoms with Crippen LogP contribution >= 0.6 is 11.3 Å². The van der Waals surface area contributed by atoms with Gasteiger partial charge in [0.05, 0.1) is 11.4 Å². The van der Waals surface area contributed by atoms with E-state index in [1.807, 2.05) is 6.92 Å². The van der Waals surface area contributed by atoms with Crippen LogP contribution in [0.3, 0.4) is 0 Å². The zero-order chi connectivity index (χ0) is 14.7. The molecule has 2 rings (SSSR count). The standard InChI is InChI=1S/C13H21N5OS/c1-9-8-20-13-16-10(2)11(18(9)13)7-14-5-6-15-12(19)17(3)4/h8,14H,5-7H2,1-4H3,(H,15,19). The second-order valence-corrected chi connectivity index (χ2v) is 5.78. The number of hydrogen-bond acceptors (Lipinski definition) is 4. The van der Waals surface area contributed by atoms with E-state index in [1.165, 1.54) is 16.3 Å². The van der Waals surface area contributed by atoms with Crippen molar-refractivity contribution in [3.05, 3.63) is 22.5 Å². The van der Waals surface area contributed by atoms with Gasteiger partial charge in [0, 0.05) is 44.8 Å². The number of fused-ring (bicyclic) bond motifs is 1. The lowest BCUT2D eigenvalue weighted by molar-refractivity contribution is 0.217. The number of imidazole rings is 1. The normalized spacial score (nSPS) is 11.0. The molecule has 20 heavy (non-hydrogen) atoms. The molecule has 0 aliphatic heterocycles. The van der Waals surface area contributed by atoms with Crippen molar-refractivity contribution < 1.29 is 4.79 Å². The predicted molar refractivity (Wildman–Crippen MR) is 81.3 cm³/mol. The van der Waals surface area contributed by atoms with Crippen molar-refractivity contribution in [2.75, 3.05) is 27.2 Å². The number of nitrogens with zero attached hydrogens (tertiary/aromatic N) is 3. The molecule has 0 bridgehead atoms. The summed E-state index contributed by atoms with van der Waals surface area (Å²) in [5, 5.41) is 8.28. The SMILES string of the molecule is Cc1nc2scc(C)n2c1CNCCNC(=O)N(C)C. The first-order chi connectivity index (χ1) is 9.50. The summed E-state index contributed by atoms with van der Waals surface area (Å²) in [6.07, 6.45) is 0. The second-order valence-electron chi connectivity index (χ2n) is 4.94. The third-order valence-corrected chi connectivity index (χ3v) is 4.05. The Hall–Kier alpha value is -1.60. The fourth-order valence-corrected chi connectivity index (χ4v) is 2.93. The summed E-state index contributed by atoms with van der Waals surface area (Å²) in [6.45, 7) is 6.22. The Morgan fingerprint density at radius 1 is 1.40 bits per heavy atom. The first-order valence-electron chi connectivity index (χ1n) is 6.58. The molecule has 0 aliphatic rings. The predicted octanol–water partition coefficient (Wildman–Crippen LogP) is 1.37. The van der Waals surface area contributed by atoms with Gasteiger partial charge in [0.15, 0.2) is 4.96 Å². The third kappa shape index (κ3) is 3.10. The Labute approximate surface area is 122 Å². The average molecular weight is 295 g/mol. The molecule has 2 N–H and O–H groups in total. The number of carbonyl (C=O) groups excluding carboxylic acids is 1. The summed E-state index contributed by atoms with van der Waals surface area (Å²) >= 11 is 1.66. The minimum Gasteiger partial charge on any atom is -0.337 e. The van der Waals surface area contributed by atoms with Gasteiger partial charge in [-0.3, -0.25) is 4.40 Å². The molecule has 0 atom stereocenters. The molecule has 7 heteroatoms. The van der Waals surface area contributed by atoms with E-state index in [1.54, 1.807) is 25.4 Å². The van der Waals surface area contributed by atoms with Crippen molar-refractivity contribution in [3.63, 3.8) is 0 Å². The van der Waals surface area contributed by atoms with E-state index in [9.17, 15) is 4.79 Å². The number of aryl methyl sites for hydroxylation is 2. The Morgan fingerprint density at radius 3 is 2.85 bits per heavy atom. The van der Waals surface area contributed by atoms with Crippen molar-refractivity contribution in [2.45, 2.75) is 20.4 Å². The van der Waals surface area contributed by atoms with Crippen LogP contribution in [0, 0.1) is 13.8 Å². The molecule has 0 radical (unpaired) electrons. The number of carbonyl (C=O) groups is 1. The maximum absolute atomic E-state index is 11.3. The minimum atomic E-state index is -0.0663. The molecule has 0 aromatic carbocycles. The van der Waals surface area contributed by atoms with Gasteiger partial charge in [-0.05, 0) is 13.8 Å². The molecule has 0 spiro atoms. The van der Waals surface area contributed by atoms with Gasteiger partial charge in [-0.2, -0.15) is 0 Å². The number of nitrogens with one attached hydrogen (secondary N) is 2. The van der Waals surface area contributed by atoms with E-state index in [0.29, 0.717) is 6.54 Å². The fraction of sp³-hybridized carbons (Fsp3) is 0.538. The Bertz CT molecular complexity index is 601. The smallest absolute Gasteiger partial charge is 0.316 e. The molecule has 110 valence electrons. The maximum Gasteiger partial charge on any atom is 0.316 e. The van der Waals surface area contributed by atoms with Crippen LogP contribution in [-0.4, -0.2) is 47.5 Å². The molecule has 2 amide bonds. The van der Waals surface area contributed by atoms with Crippen LogP contribution in [0.25, 0.3) is 4.96 Å². The number of thiazole rings is 1. The van der Waals surface area contributed by atoms with Gasteiger partial charge in [0.25, 0.3) is 0 Å². The summed E-state index contributed by atoms with van der Waals surface area (Å²) in [5.74, 6) is 0. The highest BCUT2D eigenvalue weighted by Crippen LogP contribution is 2.20. The monoisotopic (exact) mass is 295 g/mol. The van der Waals surface area contributed by atoms with Gasteiger partial charge >= 0.3 is 6.03 Å². The largest absolute Gasteiger partial charge is 0.337 e. The summed E-state index contributed by atoms with van der Waals surface area (Å²) in [7, 11) is 3.46. The fourth-order valence-electron chi connectivity index (χ4n) is 2.00. The van der Waals surface area contributed by atoms with E-state index >= 15 is 0 Å². The molecule has 2 heterocycles. The van der Waals surface area contributed by atoms with Crippen LogP contribution in [0.2, 0.25) is 0 Å². The molecule has 0 saturated heterocycles. The summed E-state index contributed by atoms with van der Waals surface area (Å²) < 4.78 is 2.19. The topological polar surface area (TPSA) is 61.7 Å². The van der Waals surface area contributed by atoms with E-state index < -0.39 is 0 Å². The van der Waals surface area contributed by atoms with Crippen molar-refractivity contribution in [2.24, 2.45) is 0 Å². The maximum atomic E-state index is 11.3. The van der Waals surface area contributed by atoms with Gasteiger partial charge in [0.2, 0.25) is 0 Å². The van der Waals surface area contributed by atoms with Crippen molar-refractivity contribution >= 4 is 22.3 Å². The van der Waals surface area contributed by atoms with Gasteiger partial charge in [-0.15, -0.1) is 11.3 Å². The van der Waals surface area contributed by atoms with Crippen LogP contribution in [-0.2, 0) is 6.54 Å².